The highest BCUT2D eigenvalue weighted by atomic mass is 16.5. The smallest absolute Gasteiger partial charge is 0.305 e. The Balaban J connectivity index is 1.82. The van der Waals surface area contributed by atoms with Gasteiger partial charge >= 0.3 is 5.97 Å². The van der Waals surface area contributed by atoms with Gasteiger partial charge < -0.3 is 15.2 Å². The molecule has 0 radical (unpaired) electrons. The lowest BCUT2D eigenvalue weighted by Gasteiger charge is -2.18. The summed E-state index contributed by atoms with van der Waals surface area (Å²) < 4.78 is 6.71. The summed E-state index contributed by atoms with van der Waals surface area (Å²) in [5.41, 5.74) is 1.69. The van der Waals surface area contributed by atoms with Gasteiger partial charge in [-0.2, -0.15) is 0 Å². The third-order valence-electron chi connectivity index (χ3n) is 3.76. The number of rotatable bonds is 6. The fourth-order valence-electron chi connectivity index (χ4n) is 2.47. The fourth-order valence-corrected chi connectivity index (χ4v) is 2.47. The van der Waals surface area contributed by atoms with Crippen LogP contribution in [0.5, 0.6) is 5.75 Å². The van der Waals surface area contributed by atoms with Gasteiger partial charge in [0.15, 0.2) is 5.65 Å². The van der Waals surface area contributed by atoms with Crippen molar-refractivity contribution in [3.63, 3.8) is 0 Å². The summed E-state index contributed by atoms with van der Waals surface area (Å²) in [5.74, 6) is -0.727. The van der Waals surface area contributed by atoms with Crippen molar-refractivity contribution in [1.29, 1.82) is 0 Å². The highest BCUT2D eigenvalue weighted by Gasteiger charge is 2.19. The number of hydrogen-bond donors (Lipinski definition) is 2. The molecule has 0 saturated heterocycles. The molecular formula is C17H16N4O4. The van der Waals surface area contributed by atoms with Crippen molar-refractivity contribution < 1.29 is 19.4 Å². The highest BCUT2D eigenvalue weighted by Crippen LogP contribution is 2.21. The monoisotopic (exact) mass is 340 g/mol. The van der Waals surface area contributed by atoms with Gasteiger partial charge in [0.25, 0.3) is 5.91 Å². The van der Waals surface area contributed by atoms with Crippen molar-refractivity contribution in [3.05, 3.63) is 60.0 Å². The van der Waals surface area contributed by atoms with Crippen molar-refractivity contribution in [2.45, 2.75) is 12.5 Å². The molecule has 1 aromatic carbocycles. The summed E-state index contributed by atoms with van der Waals surface area (Å²) in [7, 11) is 1.55. The molecule has 0 aliphatic carbocycles. The summed E-state index contributed by atoms with van der Waals surface area (Å²) in [6.07, 6.45) is 2.85. The molecule has 0 unspecified atom stereocenters. The number of nitrogens with zero attached hydrogens (tertiary/aromatic N) is 3. The zero-order valence-corrected chi connectivity index (χ0v) is 13.4. The number of methoxy groups -OCH3 is 1. The lowest BCUT2D eigenvalue weighted by Crippen LogP contribution is -2.30. The predicted molar refractivity (Wildman–Crippen MR) is 88.4 cm³/mol. The maximum atomic E-state index is 12.5. The molecule has 128 valence electrons. The van der Waals surface area contributed by atoms with E-state index in [0.29, 0.717) is 22.5 Å². The molecule has 0 aliphatic heterocycles. The van der Waals surface area contributed by atoms with Gasteiger partial charge in [0.05, 0.1) is 25.1 Å². The zero-order valence-electron chi connectivity index (χ0n) is 13.4. The first-order valence-electron chi connectivity index (χ1n) is 7.53. The Hall–Kier alpha value is -3.42. The number of pyridine rings is 1. The molecule has 1 amide bonds. The van der Waals surface area contributed by atoms with Crippen LogP contribution in [0.25, 0.3) is 5.65 Å². The van der Waals surface area contributed by atoms with Crippen LogP contribution in [0.15, 0.2) is 48.9 Å². The van der Waals surface area contributed by atoms with Crippen molar-refractivity contribution >= 4 is 17.5 Å². The van der Waals surface area contributed by atoms with Gasteiger partial charge in [-0.15, -0.1) is 10.2 Å². The van der Waals surface area contributed by atoms with Crippen LogP contribution in [0.2, 0.25) is 0 Å². The summed E-state index contributed by atoms with van der Waals surface area (Å²) >= 11 is 0. The molecule has 2 aromatic heterocycles. The molecule has 0 saturated carbocycles. The first-order valence-corrected chi connectivity index (χ1v) is 7.53. The first-order chi connectivity index (χ1) is 12.1. The molecular weight excluding hydrogens is 324 g/mol. The number of hydrogen-bond acceptors (Lipinski definition) is 5. The topological polar surface area (TPSA) is 106 Å². The second kappa shape index (κ2) is 7.00. The van der Waals surface area contributed by atoms with Crippen LogP contribution >= 0.6 is 0 Å². The number of aliphatic carboxylic acids is 1. The number of carbonyl (C=O) groups is 2. The maximum Gasteiger partial charge on any atom is 0.305 e. The van der Waals surface area contributed by atoms with E-state index in [1.54, 1.807) is 54.1 Å². The summed E-state index contributed by atoms with van der Waals surface area (Å²) in [4.78, 5) is 23.7. The fraction of sp³-hybridized carbons (Fsp3) is 0.176. The van der Waals surface area contributed by atoms with Crippen molar-refractivity contribution in [2.75, 3.05) is 7.11 Å². The molecule has 3 aromatic rings. The third-order valence-corrected chi connectivity index (χ3v) is 3.76. The van der Waals surface area contributed by atoms with E-state index in [1.165, 1.54) is 6.33 Å². The number of nitrogens with one attached hydrogen (secondary N) is 1. The molecule has 8 heteroatoms. The Bertz CT molecular complexity index is 904. The average molecular weight is 340 g/mol. The van der Waals surface area contributed by atoms with Crippen LogP contribution in [0.1, 0.15) is 28.4 Å². The number of carboxylic acids is 1. The van der Waals surface area contributed by atoms with Crippen molar-refractivity contribution in [3.8, 4) is 5.75 Å². The molecule has 8 nitrogen and oxygen atoms in total. The Morgan fingerprint density at radius 3 is 2.68 bits per heavy atom. The minimum absolute atomic E-state index is 0.229. The second-order valence-electron chi connectivity index (χ2n) is 5.41. The van der Waals surface area contributed by atoms with E-state index in [0.717, 1.165) is 0 Å². The SMILES string of the molecule is COc1ccc([C@H](CC(=O)O)NC(=O)c2ccc3nncn3c2)cc1. The van der Waals surface area contributed by atoms with Crippen LogP contribution < -0.4 is 10.1 Å². The quantitative estimate of drug-likeness (QED) is 0.707. The number of carboxylic acid groups (broad SMARTS) is 1. The van der Waals surface area contributed by atoms with E-state index >= 15 is 0 Å². The highest BCUT2D eigenvalue weighted by molar-refractivity contribution is 5.94. The van der Waals surface area contributed by atoms with Crippen LogP contribution in [-0.4, -0.2) is 38.7 Å². The van der Waals surface area contributed by atoms with Gasteiger partial charge in [0, 0.05) is 6.20 Å². The van der Waals surface area contributed by atoms with Crippen molar-refractivity contribution in [1.82, 2.24) is 19.9 Å². The molecule has 0 spiro atoms. The second-order valence-corrected chi connectivity index (χ2v) is 5.41. The third kappa shape index (κ3) is 3.74. The molecule has 0 bridgehead atoms. The molecule has 2 N–H and O–H groups in total. The van der Waals surface area contributed by atoms with E-state index < -0.39 is 12.0 Å². The zero-order chi connectivity index (χ0) is 17.8. The Morgan fingerprint density at radius 1 is 1.24 bits per heavy atom. The molecule has 1 atom stereocenters. The van der Waals surface area contributed by atoms with Gasteiger partial charge in [-0.3, -0.25) is 14.0 Å². The summed E-state index contributed by atoms with van der Waals surface area (Å²) in [6.45, 7) is 0. The van der Waals surface area contributed by atoms with Crippen LogP contribution in [0.4, 0.5) is 0 Å². The van der Waals surface area contributed by atoms with E-state index in [2.05, 4.69) is 15.5 Å². The maximum absolute atomic E-state index is 12.5. The van der Waals surface area contributed by atoms with E-state index in [4.69, 9.17) is 9.84 Å². The van der Waals surface area contributed by atoms with Gasteiger partial charge in [-0.1, -0.05) is 12.1 Å². The number of benzene rings is 1. The molecule has 3 rings (SSSR count). The molecule has 2 heterocycles. The number of ether oxygens (including phenoxy) is 1. The van der Waals surface area contributed by atoms with E-state index in [1.807, 2.05) is 0 Å². The summed E-state index contributed by atoms with van der Waals surface area (Å²) in [6, 6.07) is 9.53. The van der Waals surface area contributed by atoms with Gasteiger partial charge in [0.1, 0.15) is 12.1 Å². The first kappa shape index (κ1) is 16.4. The number of aromatic nitrogens is 3. The lowest BCUT2D eigenvalue weighted by molar-refractivity contribution is -0.137. The van der Waals surface area contributed by atoms with Crippen LogP contribution in [0, 0.1) is 0 Å². The number of fused-ring (bicyclic) bond motifs is 1. The average Bonchev–Trinajstić information content (AvgIpc) is 3.08. The number of amides is 1. The molecule has 25 heavy (non-hydrogen) atoms. The van der Waals surface area contributed by atoms with Crippen LogP contribution in [-0.2, 0) is 4.79 Å². The Kier molecular flexibility index (Phi) is 4.60. The van der Waals surface area contributed by atoms with Gasteiger partial charge in [0.2, 0.25) is 0 Å². The standard InChI is InChI=1S/C17H16N4O4/c1-25-13-5-2-11(3-6-13)14(8-16(22)23)19-17(24)12-4-7-15-20-18-10-21(15)9-12/h2-7,9-10,14H,8H2,1H3,(H,19,24)(H,22,23)/t14-/m0/s1. The predicted octanol–water partition coefficient (Wildman–Crippen LogP) is 1.68. The number of carbonyl (C=O) groups excluding carboxylic acids is 1. The largest absolute Gasteiger partial charge is 0.497 e. The lowest BCUT2D eigenvalue weighted by atomic mass is 10.0. The van der Waals surface area contributed by atoms with Gasteiger partial charge in [-0.05, 0) is 29.8 Å². The Labute approximate surface area is 143 Å². The van der Waals surface area contributed by atoms with Gasteiger partial charge in [-0.25, -0.2) is 0 Å². The van der Waals surface area contributed by atoms with E-state index in [-0.39, 0.29) is 12.3 Å². The minimum Gasteiger partial charge on any atom is -0.497 e. The molecule has 0 aliphatic rings. The Morgan fingerprint density at radius 2 is 2.00 bits per heavy atom. The normalized spacial score (nSPS) is 11.9. The minimum atomic E-state index is -1.00. The van der Waals surface area contributed by atoms with Crippen LogP contribution in [0.3, 0.4) is 0 Å². The van der Waals surface area contributed by atoms with Crippen molar-refractivity contribution in [2.24, 2.45) is 0 Å². The van der Waals surface area contributed by atoms with E-state index in [9.17, 15) is 9.59 Å². The summed E-state index contributed by atoms with van der Waals surface area (Å²) in [5, 5.41) is 19.5. The molecule has 0 fully saturated rings.